The predicted octanol–water partition coefficient (Wildman–Crippen LogP) is 3.30. The summed E-state index contributed by atoms with van der Waals surface area (Å²) in [5, 5.41) is 0. The molecule has 2 aromatic carbocycles. The number of hydrogen-bond donors (Lipinski definition) is 0. The molecule has 2 heterocycles. The van der Waals surface area contributed by atoms with Crippen molar-refractivity contribution in [1.29, 1.82) is 0 Å². The summed E-state index contributed by atoms with van der Waals surface area (Å²) in [5.41, 5.74) is 1.80. The fourth-order valence-electron chi connectivity index (χ4n) is 4.62. The molecular weight excluding hydrogens is 381 g/mol. The van der Waals surface area contributed by atoms with Gasteiger partial charge in [-0.15, -0.1) is 0 Å². The summed E-state index contributed by atoms with van der Waals surface area (Å²) in [6.45, 7) is 2.80. The van der Waals surface area contributed by atoms with Crippen LogP contribution < -0.4 is 4.90 Å². The first-order valence-corrected chi connectivity index (χ1v) is 10.6. The Morgan fingerprint density at radius 1 is 1.10 bits per heavy atom. The van der Waals surface area contributed by atoms with E-state index in [0.717, 1.165) is 30.6 Å². The van der Waals surface area contributed by atoms with Gasteiger partial charge in [-0.2, -0.15) is 0 Å². The molecule has 4 rings (SSSR count). The van der Waals surface area contributed by atoms with E-state index in [1.54, 1.807) is 29.0 Å². The molecule has 2 fully saturated rings. The topological polar surface area (TPSA) is 43.9 Å². The van der Waals surface area contributed by atoms with Gasteiger partial charge in [0.05, 0.1) is 5.92 Å². The Morgan fingerprint density at radius 3 is 2.67 bits per heavy atom. The molecule has 0 aliphatic carbocycles. The second kappa shape index (κ2) is 8.96. The number of anilines is 1. The summed E-state index contributed by atoms with van der Waals surface area (Å²) in [4.78, 5) is 31.8. The maximum atomic E-state index is 13.5. The SMILES string of the molecule is CN(C(=O)C1CCCN(Cc2cccc(F)c2)C1)C1CCN(c2ccccc2)C1=O. The number of nitrogens with zero attached hydrogens (tertiary/aromatic N) is 3. The van der Waals surface area contributed by atoms with Crippen LogP contribution in [0.2, 0.25) is 0 Å². The summed E-state index contributed by atoms with van der Waals surface area (Å²) in [6, 6.07) is 15.8. The van der Waals surface area contributed by atoms with Crippen molar-refractivity contribution in [3.63, 3.8) is 0 Å². The number of benzene rings is 2. The van der Waals surface area contributed by atoms with Crippen LogP contribution in [0.3, 0.4) is 0 Å². The third-order valence-corrected chi connectivity index (χ3v) is 6.21. The van der Waals surface area contributed by atoms with Gasteiger partial charge in [0, 0.05) is 32.4 Å². The van der Waals surface area contributed by atoms with E-state index in [1.807, 2.05) is 36.4 Å². The first-order valence-electron chi connectivity index (χ1n) is 10.6. The van der Waals surface area contributed by atoms with Crippen molar-refractivity contribution >= 4 is 17.5 Å². The van der Waals surface area contributed by atoms with Crippen molar-refractivity contribution in [3.8, 4) is 0 Å². The largest absolute Gasteiger partial charge is 0.333 e. The van der Waals surface area contributed by atoms with E-state index < -0.39 is 6.04 Å². The molecule has 2 aliphatic heterocycles. The zero-order chi connectivity index (χ0) is 21.1. The zero-order valence-electron chi connectivity index (χ0n) is 17.3. The number of rotatable bonds is 5. The second-order valence-electron chi connectivity index (χ2n) is 8.28. The van der Waals surface area contributed by atoms with Gasteiger partial charge in [0.1, 0.15) is 11.9 Å². The van der Waals surface area contributed by atoms with E-state index >= 15 is 0 Å². The normalized spacial score (nSPS) is 22.3. The van der Waals surface area contributed by atoms with Crippen LogP contribution in [0.1, 0.15) is 24.8 Å². The number of halogens is 1. The van der Waals surface area contributed by atoms with Gasteiger partial charge in [0.25, 0.3) is 0 Å². The highest BCUT2D eigenvalue weighted by molar-refractivity contribution is 6.01. The van der Waals surface area contributed by atoms with Crippen LogP contribution in [0.5, 0.6) is 0 Å². The van der Waals surface area contributed by atoms with Crippen molar-refractivity contribution in [2.24, 2.45) is 5.92 Å². The van der Waals surface area contributed by atoms with Gasteiger partial charge in [-0.05, 0) is 55.6 Å². The summed E-state index contributed by atoms with van der Waals surface area (Å²) < 4.78 is 13.5. The Hall–Kier alpha value is -2.73. The van der Waals surface area contributed by atoms with Gasteiger partial charge in [0.15, 0.2) is 0 Å². The number of piperidine rings is 1. The van der Waals surface area contributed by atoms with Crippen LogP contribution in [0, 0.1) is 11.7 Å². The molecule has 0 bridgehead atoms. The average Bonchev–Trinajstić information content (AvgIpc) is 3.15. The predicted molar refractivity (Wildman–Crippen MR) is 114 cm³/mol. The smallest absolute Gasteiger partial charge is 0.249 e. The number of carbonyl (C=O) groups excluding carboxylic acids is 2. The number of likely N-dealkylation sites (N-methyl/N-ethyl adjacent to an activating group) is 1. The van der Waals surface area contributed by atoms with Gasteiger partial charge in [-0.1, -0.05) is 30.3 Å². The first-order chi connectivity index (χ1) is 14.5. The summed E-state index contributed by atoms with van der Waals surface area (Å²) >= 11 is 0. The molecule has 2 unspecified atom stereocenters. The Morgan fingerprint density at radius 2 is 1.90 bits per heavy atom. The molecule has 0 spiro atoms. The van der Waals surface area contributed by atoms with E-state index in [-0.39, 0.29) is 23.5 Å². The molecule has 2 saturated heterocycles. The van der Waals surface area contributed by atoms with Gasteiger partial charge in [0.2, 0.25) is 11.8 Å². The highest BCUT2D eigenvalue weighted by atomic mass is 19.1. The molecular formula is C24H28FN3O2. The lowest BCUT2D eigenvalue weighted by molar-refractivity contribution is -0.141. The van der Waals surface area contributed by atoms with Crippen molar-refractivity contribution in [3.05, 3.63) is 66.0 Å². The molecule has 0 N–H and O–H groups in total. The molecule has 0 aromatic heterocycles. The highest BCUT2D eigenvalue weighted by Crippen LogP contribution is 2.26. The Kier molecular flexibility index (Phi) is 6.13. The lowest BCUT2D eigenvalue weighted by Crippen LogP contribution is -2.49. The fourth-order valence-corrected chi connectivity index (χ4v) is 4.62. The van der Waals surface area contributed by atoms with Crippen LogP contribution in [0.15, 0.2) is 54.6 Å². The van der Waals surface area contributed by atoms with Gasteiger partial charge in [-0.25, -0.2) is 4.39 Å². The molecule has 2 amide bonds. The van der Waals surface area contributed by atoms with E-state index in [9.17, 15) is 14.0 Å². The zero-order valence-corrected chi connectivity index (χ0v) is 17.3. The lowest BCUT2D eigenvalue weighted by atomic mass is 9.95. The molecule has 158 valence electrons. The first kappa shape index (κ1) is 20.5. The summed E-state index contributed by atoms with van der Waals surface area (Å²) in [5.74, 6) is -0.341. The molecule has 2 aliphatic rings. The Labute approximate surface area is 177 Å². The van der Waals surface area contributed by atoms with Crippen molar-refractivity contribution < 1.29 is 14.0 Å². The maximum Gasteiger partial charge on any atom is 0.249 e. The minimum absolute atomic E-state index is 0.00974. The van der Waals surface area contributed by atoms with Crippen molar-refractivity contribution in [2.75, 3.05) is 31.6 Å². The van der Waals surface area contributed by atoms with Crippen LogP contribution in [-0.4, -0.2) is 54.3 Å². The number of para-hydroxylation sites is 1. The molecule has 2 atom stereocenters. The van der Waals surface area contributed by atoms with Crippen molar-refractivity contribution in [2.45, 2.75) is 31.8 Å². The number of amides is 2. The Balaban J connectivity index is 1.38. The maximum absolute atomic E-state index is 13.5. The average molecular weight is 410 g/mol. The molecule has 5 nitrogen and oxygen atoms in total. The summed E-state index contributed by atoms with van der Waals surface area (Å²) in [7, 11) is 1.75. The third-order valence-electron chi connectivity index (χ3n) is 6.21. The summed E-state index contributed by atoms with van der Waals surface area (Å²) in [6.07, 6.45) is 2.40. The highest BCUT2D eigenvalue weighted by Gasteiger charge is 2.39. The van der Waals surface area contributed by atoms with Crippen molar-refractivity contribution in [1.82, 2.24) is 9.80 Å². The molecule has 30 heavy (non-hydrogen) atoms. The molecule has 0 radical (unpaired) electrons. The quantitative estimate of drug-likeness (QED) is 0.761. The van der Waals surface area contributed by atoms with Gasteiger partial charge in [-0.3, -0.25) is 14.5 Å². The number of likely N-dealkylation sites (tertiary alicyclic amines) is 1. The van der Waals surface area contributed by atoms with Gasteiger partial charge >= 0.3 is 0 Å². The van der Waals surface area contributed by atoms with Crippen LogP contribution in [0.4, 0.5) is 10.1 Å². The van der Waals surface area contributed by atoms with E-state index in [4.69, 9.17) is 0 Å². The van der Waals surface area contributed by atoms with Crippen LogP contribution in [0.25, 0.3) is 0 Å². The molecule has 6 heteroatoms. The minimum atomic E-state index is -0.406. The number of carbonyl (C=O) groups is 2. The molecule has 2 aromatic rings. The standard InChI is InChI=1S/C24H28FN3O2/c1-26(22-12-14-28(24(22)30)21-10-3-2-4-11-21)23(29)19-8-6-13-27(17-19)16-18-7-5-9-20(25)15-18/h2-5,7,9-11,15,19,22H,6,8,12-14,16-17H2,1H3. The lowest BCUT2D eigenvalue weighted by Gasteiger charge is -2.35. The van der Waals surface area contributed by atoms with Gasteiger partial charge < -0.3 is 9.80 Å². The Bertz CT molecular complexity index is 904. The minimum Gasteiger partial charge on any atom is -0.333 e. The third kappa shape index (κ3) is 4.38. The van der Waals surface area contributed by atoms with Crippen LogP contribution >= 0.6 is 0 Å². The second-order valence-corrected chi connectivity index (χ2v) is 8.28. The van der Waals surface area contributed by atoms with E-state index in [2.05, 4.69) is 4.90 Å². The fraction of sp³-hybridized carbons (Fsp3) is 0.417. The number of hydrogen-bond acceptors (Lipinski definition) is 3. The van der Waals surface area contributed by atoms with E-state index in [1.165, 1.54) is 6.07 Å². The monoisotopic (exact) mass is 409 g/mol. The van der Waals surface area contributed by atoms with E-state index in [0.29, 0.717) is 26.1 Å². The van der Waals surface area contributed by atoms with Crippen LogP contribution in [-0.2, 0) is 16.1 Å². The molecule has 0 saturated carbocycles.